The second-order valence-corrected chi connectivity index (χ2v) is 9.32. The first-order chi connectivity index (χ1) is 17.1. The summed E-state index contributed by atoms with van der Waals surface area (Å²) in [4.78, 5) is 50.4. The molecule has 0 unspecified atom stereocenters. The van der Waals surface area contributed by atoms with Crippen LogP contribution in [-0.2, 0) is 25.6 Å². The summed E-state index contributed by atoms with van der Waals surface area (Å²) in [6.07, 6.45) is 0.352. The van der Waals surface area contributed by atoms with E-state index >= 15 is 0 Å². The van der Waals surface area contributed by atoms with E-state index in [0.29, 0.717) is 6.42 Å². The van der Waals surface area contributed by atoms with Gasteiger partial charge in [0.05, 0.1) is 0 Å². The minimum atomic E-state index is -0.990. The number of nitrogens with two attached hydrogens (primary N) is 1. The van der Waals surface area contributed by atoms with Gasteiger partial charge in [-0.25, -0.2) is 5.48 Å². The lowest BCUT2D eigenvalue weighted by Gasteiger charge is -2.24. The van der Waals surface area contributed by atoms with Gasteiger partial charge in [0, 0.05) is 31.8 Å². The molecule has 3 atom stereocenters. The molecule has 10 heteroatoms. The van der Waals surface area contributed by atoms with Gasteiger partial charge in [0.1, 0.15) is 12.1 Å². The molecule has 0 aliphatic heterocycles. The zero-order chi connectivity index (χ0) is 26.7. The van der Waals surface area contributed by atoms with Crippen LogP contribution < -0.4 is 27.2 Å². The molecule has 2 aromatic rings. The van der Waals surface area contributed by atoms with Gasteiger partial charge in [0.25, 0.3) is 0 Å². The molecule has 2 aromatic carbocycles. The number of carbonyl (C=O) groups is 4. The molecule has 196 valence electrons. The van der Waals surface area contributed by atoms with Crippen LogP contribution in [0.2, 0.25) is 0 Å². The number of benzene rings is 2. The normalized spacial score (nSPS) is 13.5. The highest BCUT2D eigenvalue weighted by Crippen LogP contribution is 2.19. The highest BCUT2D eigenvalue weighted by molar-refractivity contribution is 5.93. The van der Waals surface area contributed by atoms with Crippen molar-refractivity contribution in [3.05, 3.63) is 48.0 Å². The van der Waals surface area contributed by atoms with Crippen LogP contribution in [0.25, 0.3) is 10.8 Å². The largest absolute Gasteiger partial charge is 0.353 e. The maximum absolute atomic E-state index is 13.2. The van der Waals surface area contributed by atoms with E-state index in [9.17, 15) is 19.2 Å². The molecule has 0 aromatic heterocycles. The van der Waals surface area contributed by atoms with Crippen molar-refractivity contribution < 1.29 is 24.4 Å². The summed E-state index contributed by atoms with van der Waals surface area (Å²) in [5.41, 5.74) is 7.80. The predicted molar refractivity (Wildman–Crippen MR) is 137 cm³/mol. The Bertz CT molecular complexity index is 1060. The third-order valence-corrected chi connectivity index (χ3v) is 5.77. The Balaban J connectivity index is 2.26. The maximum atomic E-state index is 13.2. The van der Waals surface area contributed by atoms with E-state index in [1.54, 1.807) is 12.4 Å². The fourth-order valence-corrected chi connectivity index (χ4v) is 3.95. The van der Waals surface area contributed by atoms with Gasteiger partial charge in [0.2, 0.25) is 23.6 Å². The summed E-state index contributed by atoms with van der Waals surface area (Å²) in [7, 11) is 0. The van der Waals surface area contributed by atoms with Gasteiger partial charge in [-0.15, -0.1) is 0 Å². The quantitative estimate of drug-likeness (QED) is 0.178. The van der Waals surface area contributed by atoms with Gasteiger partial charge in [-0.1, -0.05) is 56.3 Å². The van der Waals surface area contributed by atoms with Gasteiger partial charge in [-0.3, -0.25) is 24.4 Å². The summed E-state index contributed by atoms with van der Waals surface area (Å²) in [5, 5.41) is 19.0. The summed E-state index contributed by atoms with van der Waals surface area (Å²) in [5.74, 6) is -2.71. The van der Waals surface area contributed by atoms with Gasteiger partial charge in [-0.05, 0) is 35.6 Å². The van der Waals surface area contributed by atoms with Crippen molar-refractivity contribution in [1.29, 1.82) is 0 Å². The van der Waals surface area contributed by atoms with E-state index < -0.39 is 35.7 Å². The molecule has 0 aliphatic rings. The lowest BCUT2D eigenvalue weighted by molar-refractivity contribution is -0.137. The van der Waals surface area contributed by atoms with Gasteiger partial charge in [-0.2, -0.15) is 0 Å². The fourth-order valence-electron chi connectivity index (χ4n) is 3.95. The molecule has 0 aliphatic carbocycles. The molecule has 0 saturated carbocycles. The molecule has 4 amide bonds. The summed E-state index contributed by atoms with van der Waals surface area (Å²) in [6.45, 7) is 5.92. The second kappa shape index (κ2) is 14.2. The van der Waals surface area contributed by atoms with E-state index in [1.165, 1.54) is 0 Å². The highest BCUT2D eigenvalue weighted by atomic mass is 16.5. The number of hydroxylamine groups is 1. The van der Waals surface area contributed by atoms with Crippen LogP contribution in [0.4, 0.5) is 0 Å². The highest BCUT2D eigenvalue weighted by Gasteiger charge is 2.29. The minimum Gasteiger partial charge on any atom is -0.353 e. The van der Waals surface area contributed by atoms with E-state index in [2.05, 4.69) is 16.0 Å². The summed E-state index contributed by atoms with van der Waals surface area (Å²) < 4.78 is 0. The van der Waals surface area contributed by atoms with Crippen LogP contribution in [0.5, 0.6) is 0 Å². The standard InChI is InChI=1S/C26H37N5O5/c1-16(2)12-21(15-23(32)31-36)25(34)30-22(26(35)29-17(3)24(33)28-11-10-27)14-18-8-9-19-6-4-5-7-20(19)13-18/h4-9,13,16-17,21-22,36H,10-12,14-15,27H2,1-3H3,(H,28,33)(H,29,35)(H,30,34)(H,31,32)/t17-,21+,22-/m1/s1. The zero-order valence-electron chi connectivity index (χ0n) is 21.0. The van der Waals surface area contributed by atoms with Crippen LogP contribution in [0.1, 0.15) is 39.2 Å². The lowest BCUT2D eigenvalue weighted by atomic mass is 9.92. The molecule has 0 spiro atoms. The number of carbonyl (C=O) groups excluding carboxylic acids is 4. The average molecular weight is 500 g/mol. The first-order valence-electron chi connectivity index (χ1n) is 12.1. The van der Waals surface area contributed by atoms with Crippen molar-refractivity contribution >= 4 is 34.4 Å². The molecule has 7 N–H and O–H groups in total. The Morgan fingerprint density at radius 2 is 1.61 bits per heavy atom. The SMILES string of the molecule is CC(C)C[C@@H](CC(=O)NO)C(=O)N[C@H](Cc1ccc2ccccc2c1)C(=O)N[C@H](C)C(=O)NCCN. The number of fused-ring (bicyclic) bond motifs is 1. The van der Waals surface area contributed by atoms with Crippen molar-refractivity contribution in [1.82, 2.24) is 21.4 Å². The molecular weight excluding hydrogens is 462 g/mol. The van der Waals surface area contributed by atoms with E-state index in [4.69, 9.17) is 10.9 Å². The van der Waals surface area contributed by atoms with Crippen LogP contribution in [0.15, 0.2) is 42.5 Å². The van der Waals surface area contributed by atoms with Crippen molar-refractivity contribution in [3.63, 3.8) is 0 Å². The van der Waals surface area contributed by atoms with E-state index in [1.807, 2.05) is 56.3 Å². The van der Waals surface area contributed by atoms with Crippen LogP contribution >= 0.6 is 0 Å². The minimum absolute atomic E-state index is 0.103. The number of rotatable bonds is 13. The van der Waals surface area contributed by atoms with Crippen molar-refractivity contribution in [3.8, 4) is 0 Å². The smallest absolute Gasteiger partial charge is 0.244 e. The van der Waals surface area contributed by atoms with Crippen molar-refractivity contribution in [2.24, 2.45) is 17.6 Å². The third-order valence-electron chi connectivity index (χ3n) is 5.77. The molecule has 2 rings (SSSR count). The zero-order valence-corrected chi connectivity index (χ0v) is 21.0. The number of nitrogens with one attached hydrogen (secondary N) is 4. The molecular formula is C26H37N5O5. The number of amides is 4. The van der Waals surface area contributed by atoms with Crippen LogP contribution in [-0.4, -0.2) is 54.0 Å². The van der Waals surface area contributed by atoms with E-state index in [-0.39, 0.29) is 37.8 Å². The molecule has 0 bridgehead atoms. The molecule has 0 radical (unpaired) electrons. The molecule has 0 saturated heterocycles. The number of hydrogen-bond acceptors (Lipinski definition) is 6. The van der Waals surface area contributed by atoms with E-state index in [0.717, 1.165) is 16.3 Å². The third kappa shape index (κ3) is 8.94. The first kappa shape index (κ1) is 28.7. The Kier molecular flexibility index (Phi) is 11.3. The monoisotopic (exact) mass is 499 g/mol. The average Bonchev–Trinajstić information content (AvgIpc) is 2.85. The van der Waals surface area contributed by atoms with Gasteiger partial charge in [0.15, 0.2) is 0 Å². The van der Waals surface area contributed by atoms with Gasteiger partial charge >= 0.3 is 0 Å². The lowest BCUT2D eigenvalue weighted by Crippen LogP contribution is -2.54. The van der Waals surface area contributed by atoms with Crippen molar-refractivity contribution in [2.45, 2.75) is 52.1 Å². The topological polar surface area (TPSA) is 163 Å². The Labute approximate surface area is 211 Å². The first-order valence-corrected chi connectivity index (χ1v) is 12.1. The summed E-state index contributed by atoms with van der Waals surface area (Å²) in [6, 6.07) is 11.7. The Morgan fingerprint density at radius 3 is 2.25 bits per heavy atom. The molecule has 0 fully saturated rings. The predicted octanol–water partition coefficient (Wildman–Crippen LogP) is 1.00. The van der Waals surface area contributed by atoms with Gasteiger partial charge < -0.3 is 21.7 Å². The van der Waals surface area contributed by atoms with Crippen molar-refractivity contribution in [2.75, 3.05) is 13.1 Å². The molecule has 36 heavy (non-hydrogen) atoms. The Morgan fingerprint density at radius 1 is 0.917 bits per heavy atom. The molecule has 0 heterocycles. The maximum Gasteiger partial charge on any atom is 0.244 e. The second-order valence-electron chi connectivity index (χ2n) is 9.32. The Hall–Kier alpha value is -3.50. The van der Waals surface area contributed by atoms with Crippen LogP contribution in [0.3, 0.4) is 0 Å². The molecule has 10 nitrogen and oxygen atoms in total. The van der Waals surface area contributed by atoms with Crippen LogP contribution in [0, 0.1) is 11.8 Å². The summed E-state index contributed by atoms with van der Waals surface area (Å²) >= 11 is 0. The number of hydrogen-bond donors (Lipinski definition) is 6. The fraction of sp³-hybridized carbons (Fsp3) is 0.462.